The fraction of sp³-hybridized carbons (Fsp3) is 1.00. The second-order valence-electron chi connectivity index (χ2n) is 8.45. The summed E-state index contributed by atoms with van der Waals surface area (Å²) in [5.41, 5.74) is -0.733. The SMILES string of the molecule is CCCCCCCCCCCCCCCCCCC(CC)(CC)OS(=O)(=O)O. The molecule has 0 aliphatic rings. The third-order valence-electron chi connectivity index (χ3n) is 6.06. The van der Waals surface area contributed by atoms with Gasteiger partial charge in [-0.15, -0.1) is 0 Å². The van der Waals surface area contributed by atoms with Gasteiger partial charge >= 0.3 is 10.4 Å². The molecule has 0 bridgehead atoms. The molecule has 28 heavy (non-hydrogen) atoms. The molecule has 0 aliphatic carbocycles. The molecule has 0 fully saturated rings. The maximum absolute atomic E-state index is 11.1. The Morgan fingerprint density at radius 3 is 1.21 bits per heavy atom. The second kappa shape index (κ2) is 17.7. The fourth-order valence-electron chi connectivity index (χ4n) is 3.98. The average Bonchev–Trinajstić information content (AvgIpc) is 2.65. The summed E-state index contributed by atoms with van der Waals surface area (Å²) in [6.07, 6.45) is 23.1. The lowest BCUT2D eigenvalue weighted by molar-refractivity contribution is 0.0428. The maximum atomic E-state index is 11.1. The molecule has 0 radical (unpaired) electrons. The lowest BCUT2D eigenvalue weighted by Crippen LogP contribution is -2.33. The summed E-state index contributed by atoms with van der Waals surface area (Å²) in [4.78, 5) is 0. The molecular formula is C23H48O4S. The van der Waals surface area contributed by atoms with E-state index in [9.17, 15) is 8.42 Å². The molecule has 0 aromatic carbocycles. The molecule has 0 aliphatic heterocycles. The Morgan fingerprint density at radius 2 is 0.929 bits per heavy atom. The summed E-state index contributed by atoms with van der Waals surface area (Å²) in [5.74, 6) is 0. The van der Waals surface area contributed by atoms with E-state index in [2.05, 4.69) is 6.92 Å². The minimum atomic E-state index is -4.38. The van der Waals surface area contributed by atoms with Gasteiger partial charge in [-0.05, 0) is 19.3 Å². The third-order valence-corrected chi connectivity index (χ3v) is 6.62. The average molecular weight is 421 g/mol. The molecule has 0 atom stereocenters. The molecule has 0 heterocycles. The van der Waals surface area contributed by atoms with Gasteiger partial charge in [0.2, 0.25) is 0 Å². The lowest BCUT2D eigenvalue weighted by atomic mass is 9.90. The molecule has 0 aromatic rings. The van der Waals surface area contributed by atoms with Crippen LogP contribution in [0.25, 0.3) is 0 Å². The van der Waals surface area contributed by atoms with Gasteiger partial charge in [0, 0.05) is 0 Å². The van der Waals surface area contributed by atoms with Gasteiger partial charge in [0.1, 0.15) is 0 Å². The zero-order chi connectivity index (χ0) is 21.1. The van der Waals surface area contributed by atoms with Crippen LogP contribution in [0.5, 0.6) is 0 Å². The molecule has 0 aromatic heterocycles. The van der Waals surface area contributed by atoms with Crippen molar-refractivity contribution < 1.29 is 17.2 Å². The van der Waals surface area contributed by atoms with Crippen LogP contribution in [0.15, 0.2) is 0 Å². The van der Waals surface area contributed by atoms with E-state index >= 15 is 0 Å². The Bertz CT molecular complexity index is 430. The number of unbranched alkanes of at least 4 members (excludes halogenated alkanes) is 15. The van der Waals surface area contributed by atoms with Crippen LogP contribution in [-0.4, -0.2) is 18.6 Å². The predicted octanol–water partition coefficient (Wildman–Crippen LogP) is 8.02. The number of hydrogen-bond acceptors (Lipinski definition) is 3. The van der Waals surface area contributed by atoms with Gasteiger partial charge in [-0.2, -0.15) is 8.42 Å². The van der Waals surface area contributed by atoms with Crippen LogP contribution in [-0.2, 0) is 14.6 Å². The molecule has 0 saturated carbocycles. The molecule has 0 saturated heterocycles. The van der Waals surface area contributed by atoms with Crippen LogP contribution in [0.3, 0.4) is 0 Å². The first-order valence-corrected chi connectivity index (χ1v) is 13.4. The van der Waals surface area contributed by atoms with E-state index in [4.69, 9.17) is 8.74 Å². The third kappa shape index (κ3) is 16.8. The highest BCUT2D eigenvalue weighted by molar-refractivity contribution is 7.80. The van der Waals surface area contributed by atoms with Crippen molar-refractivity contribution in [1.29, 1.82) is 0 Å². The minimum Gasteiger partial charge on any atom is -0.264 e. The van der Waals surface area contributed by atoms with Gasteiger partial charge in [0.15, 0.2) is 0 Å². The molecule has 5 heteroatoms. The smallest absolute Gasteiger partial charge is 0.264 e. The van der Waals surface area contributed by atoms with Gasteiger partial charge < -0.3 is 0 Å². The first-order chi connectivity index (χ1) is 13.4. The monoisotopic (exact) mass is 420 g/mol. The van der Waals surface area contributed by atoms with Crippen molar-refractivity contribution in [3.63, 3.8) is 0 Å². The van der Waals surface area contributed by atoms with Crippen LogP contribution in [0.1, 0.15) is 143 Å². The van der Waals surface area contributed by atoms with E-state index < -0.39 is 16.0 Å². The molecule has 0 amide bonds. The molecule has 170 valence electrons. The van der Waals surface area contributed by atoms with Gasteiger partial charge in [0.05, 0.1) is 5.60 Å². The Hall–Kier alpha value is -0.130. The fourth-order valence-corrected chi connectivity index (χ4v) is 4.75. The summed E-state index contributed by atoms with van der Waals surface area (Å²) in [6, 6.07) is 0. The molecule has 1 N–H and O–H groups in total. The van der Waals surface area contributed by atoms with Crippen LogP contribution >= 0.6 is 0 Å². The summed E-state index contributed by atoms with van der Waals surface area (Å²) in [7, 11) is -4.38. The van der Waals surface area contributed by atoms with E-state index in [0.717, 1.165) is 12.8 Å². The van der Waals surface area contributed by atoms with Gasteiger partial charge in [-0.1, -0.05) is 124 Å². The maximum Gasteiger partial charge on any atom is 0.397 e. The number of hydrogen-bond donors (Lipinski definition) is 1. The van der Waals surface area contributed by atoms with Crippen molar-refractivity contribution in [2.75, 3.05) is 0 Å². The Morgan fingerprint density at radius 1 is 0.607 bits per heavy atom. The minimum absolute atomic E-state index is 0.599. The van der Waals surface area contributed by atoms with E-state index in [1.54, 1.807) is 0 Å². The van der Waals surface area contributed by atoms with E-state index in [0.29, 0.717) is 19.3 Å². The predicted molar refractivity (Wildman–Crippen MR) is 120 cm³/mol. The summed E-state index contributed by atoms with van der Waals surface area (Å²) >= 11 is 0. The Labute approximate surface area is 176 Å². The Kier molecular flexibility index (Phi) is 17.6. The van der Waals surface area contributed by atoms with Crippen molar-refractivity contribution in [3.05, 3.63) is 0 Å². The zero-order valence-electron chi connectivity index (χ0n) is 19.0. The van der Waals surface area contributed by atoms with Crippen molar-refractivity contribution in [2.24, 2.45) is 0 Å². The molecule has 0 rings (SSSR count). The van der Waals surface area contributed by atoms with Crippen LogP contribution in [0, 0.1) is 0 Å². The van der Waals surface area contributed by atoms with Gasteiger partial charge in [-0.3, -0.25) is 4.55 Å². The summed E-state index contributed by atoms with van der Waals surface area (Å²) in [5, 5.41) is 0. The van der Waals surface area contributed by atoms with Gasteiger partial charge in [-0.25, -0.2) is 4.18 Å². The van der Waals surface area contributed by atoms with E-state index in [1.165, 1.54) is 89.9 Å². The Balaban J connectivity index is 3.49. The van der Waals surface area contributed by atoms with E-state index in [1.807, 2.05) is 13.8 Å². The quantitative estimate of drug-likeness (QED) is 0.151. The molecule has 4 nitrogen and oxygen atoms in total. The first-order valence-electron chi connectivity index (χ1n) is 12.1. The zero-order valence-corrected chi connectivity index (χ0v) is 19.8. The van der Waals surface area contributed by atoms with Crippen LogP contribution in [0.4, 0.5) is 0 Å². The topological polar surface area (TPSA) is 63.6 Å². The highest BCUT2D eigenvalue weighted by atomic mass is 32.3. The van der Waals surface area contributed by atoms with Crippen LogP contribution < -0.4 is 0 Å². The molecule has 0 unspecified atom stereocenters. The van der Waals surface area contributed by atoms with Crippen molar-refractivity contribution in [2.45, 2.75) is 148 Å². The number of rotatable bonds is 21. The first kappa shape index (κ1) is 27.9. The van der Waals surface area contributed by atoms with Crippen LogP contribution in [0.2, 0.25) is 0 Å². The highest BCUT2D eigenvalue weighted by Gasteiger charge is 2.31. The van der Waals surface area contributed by atoms with Crippen molar-refractivity contribution in [3.8, 4) is 0 Å². The van der Waals surface area contributed by atoms with Gasteiger partial charge in [0.25, 0.3) is 0 Å². The normalized spacial score (nSPS) is 12.6. The lowest BCUT2D eigenvalue weighted by Gasteiger charge is -2.29. The highest BCUT2D eigenvalue weighted by Crippen LogP contribution is 2.29. The van der Waals surface area contributed by atoms with Crippen molar-refractivity contribution >= 4 is 10.4 Å². The summed E-state index contributed by atoms with van der Waals surface area (Å²) in [6.45, 7) is 6.11. The second-order valence-corrected chi connectivity index (χ2v) is 9.48. The largest absolute Gasteiger partial charge is 0.397 e. The summed E-state index contributed by atoms with van der Waals surface area (Å²) < 4.78 is 36.1. The van der Waals surface area contributed by atoms with E-state index in [-0.39, 0.29) is 0 Å². The molecular weight excluding hydrogens is 372 g/mol. The van der Waals surface area contributed by atoms with Crippen molar-refractivity contribution in [1.82, 2.24) is 0 Å². The standard InChI is InChI=1S/C23H48O4S/c1-4-7-8-9-10-11-12-13-14-15-16-17-18-19-20-21-22-23(5-2,6-3)27-28(24,25)26/h4-22H2,1-3H3,(H,24,25,26). The molecule has 0 spiro atoms.